The molecule has 6 heteroatoms. The average Bonchev–Trinajstić information content (AvgIpc) is 3.17. The first-order chi connectivity index (χ1) is 23.8. The van der Waals surface area contributed by atoms with Gasteiger partial charge < -0.3 is 0 Å². The van der Waals surface area contributed by atoms with Gasteiger partial charge in [-0.1, -0.05) is 115 Å². The number of aromatic nitrogens is 6. The number of fused-ring (bicyclic) bond motifs is 4. The molecule has 0 amide bonds. The molecule has 4 aromatic heterocycles. The molecule has 4 heterocycles. The first kappa shape index (κ1) is 27.6. The van der Waals surface area contributed by atoms with Gasteiger partial charge in [0.05, 0.1) is 22.2 Å². The van der Waals surface area contributed by atoms with Gasteiger partial charge in [0.25, 0.3) is 0 Å². The summed E-state index contributed by atoms with van der Waals surface area (Å²) in [4.78, 5) is 29.8. The third-order valence-electron chi connectivity index (χ3n) is 8.61. The highest BCUT2D eigenvalue weighted by Crippen LogP contribution is 2.34. The molecule has 0 atom stereocenters. The molecule has 0 saturated heterocycles. The Balaban J connectivity index is 1.24. The van der Waals surface area contributed by atoms with Gasteiger partial charge in [-0.25, -0.2) is 19.9 Å². The molecule has 9 aromatic rings. The maximum absolute atomic E-state index is 5.12. The van der Waals surface area contributed by atoms with Crippen LogP contribution in [-0.4, -0.2) is 29.9 Å². The van der Waals surface area contributed by atoms with Crippen molar-refractivity contribution < 1.29 is 0 Å². The molecule has 0 aliphatic rings. The van der Waals surface area contributed by atoms with Gasteiger partial charge in [0.2, 0.25) is 0 Å². The summed E-state index contributed by atoms with van der Waals surface area (Å²) in [6.07, 6.45) is 3.62. The molecule has 0 aliphatic heterocycles. The fraction of sp³-hybridized carbons (Fsp3) is 0. The van der Waals surface area contributed by atoms with Gasteiger partial charge in [0.1, 0.15) is 0 Å². The van der Waals surface area contributed by atoms with Crippen LogP contribution in [0.2, 0.25) is 0 Å². The largest absolute Gasteiger partial charge is 0.255 e. The number of para-hydroxylation sites is 1. The lowest BCUT2D eigenvalue weighted by atomic mass is 9.99. The van der Waals surface area contributed by atoms with E-state index in [4.69, 9.17) is 24.9 Å². The van der Waals surface area contributed by atoms with Crippen molar-refractivity contribution >= 4 is 32.7 Å². The summed E-state index contributed by atoms with van der Waals surface area (Å²) < 4.78 is 0. The summed E-state index contributed by atoms with van der Waals surface area (Å²) in [7, 11) is 0. The maximum Gasteiger partial charge on any atom is 0.166 e. The van der Waals surface area contributed by atoms with E-state index >= 15 is 0 Å². The Kier molecular flexibility index (Phi) is 6.68. The number of hydrogen-bond donors (Lipinski definition) is 0. The molecule has 224 valence electrons. The number of hydrogen-bond acceptors (Lipinski definition) is 6. The van der Waals surface area contributed by atoms with Crippen LogP contribution in [0, 0.1) is 0 Å². The number of rotatable bonds is 5. The summed E-state index contributed by atoms with van der Waals surface area (Å²) in [5, 5.41) is 3.13. The third-order valence-corrected chi connectivity index (χ3v) is 8.61. The first-order valence-corrected chi connectivity index (χ1v) is 15.8. The van der Waals surface area contributed by atoms with Crippen LogP contribution in [0.3, 0.4) is 0 Å². The Bertz CT molecular complexity index is 2630. The molecule has 0 saturated carbocycles. The van der Waals surface area contributed by atoms with Crippen LogP contribution in [0.1, 0.15) is 0 Å². The number of benzene rings is 5. The van der Waals surface area contributed by atoms with E-state index in [0.717, 1.165) is 71.8 Å². The van der Waals surface area contributed by atoms with Crippen LogP contribution < -0.4 is 0 Å². The zero-order chi connectivity index (χ0) is 31.9. The minimum atomic E-state index is 0.564. The molecule has 0 radical (unpaired) electrons. The van der Waals surface area contributed by atoms with Gasteiger partial charge >= 0.3 is 0 Å². The molecule has 0 bridgehead atoms. The van der Waals surface area contributed by atoms with Crippen LogP contribution in [0.5, 0.6) is 0 Å². The lowest BCUT2D eigenvalue weighted by molar-refractivity contribution is 1.08. The van der Waals surface area contributed by atoms with Gasteiger partial charge in [-0.05, 0) is 41.5 Å². The average molecular weight is 615 g/mol. The molecule has 5 aromatic carbocycles. The normalized spacial score (nSPS) is 11.3. The van der Waals surface area contributed by atoms with Gasteiger partial charge in [-0.15, -0.1) is 0 Å². The predicted octanol–water partition coefficient (Wildman–Crippen LogP) is 9.85. The molecular weight excluding hydrogens is 589 g/mol. The zero-order valence-electron chi connectivity index (χ0n) is 25.7. The summed E-state index contributed by atoms with van der Waals surface area (Å²) in [5.41, 5.74) is 9.20. The zero-order valence-corrected chi connectivity index (χ0v) is 25.7. The standard InChI is InChI=1S/C42H26N6/c1-2-10-27(11-3-1)33-17-4-5-18-34(33)41-46-40(47-42(48-41)35-19-7-12-28-15-8-24-43-37(28)35)32-14-6-13-31(26-32)36-23-22-30-21-20-29-16-9-25-44-38(29)39(30)45-36/h1-26H. The van der Waals surface area contributed by atoms with E-state index in [1.165, 1.54) is 0 Å². The SMILES string of the molecule is c1ccc(-c2ccccc2-c2nc(-c3cccc(-c4ccc5ccc6cccnc6c5n4)c3)nc(-c3cccc4cccnc34)n2)cc1. The van der Waals surface area contributed by atoms with Crippen molar-refractivity contribution in [2.24, 2.45) is 0 Å². The second kappa shape index (κ2) is 11.6. The molecule has 48 heavy (non-hydrogen) atoms. The lowest BCUT2D eigenvalue weighted by Gasteiger charge is -2.13. The van der Waals surface area contributed by atoms with Crippen LogP contribution >= 0.6 is 0 Å². The van der Waals surface area contributed by atoms with E-state index in [1.54, 1.807) is 6.20 Å². The van der Waals surface area contributed by atoms with Crippen molar-refractivity contribution in [1.29, 1.82) is 0 Å². The summed E-state index contributed by atoms with van der Waals surface area (Å²) >= 11 is 0. The molecule has 9 rings (SSSR count). The fourth-order valence-corrected chi connectivity index (χ4v) is 6.28. The molecule has 0 unspecified atom stereocenters. The van der Waals surface area contributed by atoms with Crippen LogP contribution in [-0.2, 0) is 0 Å². The van der Waals surface area contributed by atoms with Crippen molar-refractivity contribution in [3.63, 3.8) is 0 Å². The summed E-state index contributed by atoms with van der Waals surface area (Å²) in [6.45, 7) is 0. The van der Waals surface area contributed by atoms with Crippen molar-refractivity contribution in [1.82, 2.24) is 29.9 Å². The quantitative estimate of drug-likeness (QED) is 0.180. The van der Waals surface area contributed by atoms with E-state index in [-0.39, 0.29) is 0 Å². The summed E-state index contributed by atoms with van der Waals surface area (Å²) in [6, 6.07) is 49.2. The van der Waals surface area contributed by atoms with E-state index < -0.39 is 0 Å². The predicted molar refractivity (Wildman–Crippen MR) is 193 cm³/mol. The molecule has 0 N–H and O–H groups in total. The molecule has 0 aliphatic carbocycles. The van der Waals surface area contributed by atoms with Crippen molar-refractivity contribution in [3.05, 3.63) is 158 Å². The second-order valence-corrected chi connectivity index (χ2v) is 11.6. The molecular formula is C42H26N6. The highest BCUT2D eigenvalue weighted by molar-refractivity contribution is 6.03. The van der Waals surface area contributed by atoms with Gasteiger partial charge in [-0.3, -0.25) is 9.97 Å². The minimum Gasteiger partial charge on any atom is -0.255 e. The lowest BCUT2D eigenvalue weighted by Crippen LogP contribution is -2.02. The molecule has 0 fully saturated rings. The minimum absolute atomic E-state index is 0.564. The van der Waals surface area contributed by atoms with Gasteiger partial charge in [0, 0.05) is 50.8 Å². The maximum atomic E-state index is 5.12. The van der Waals surface area contributed by atoms with Crippen LogP contribution in [0.25, 0.3) is 89.3 Å². The Morgan fingerprint density at radius 3 is 1.71 bits per heavy atom. The van der Waals surface area contributed by atoms with E-state index in [9.17, 15) is 0 Å². The van der Waals surface area contributed by atoms with Crippen molar-refractivity contribution in [2.45, 2.75) is 0 Å². The first-order valence-electron chi connectivity index (χ1n) is 15.8. The van der Waals surface area contributed by atoms with Crippen molar-refractivity contribution in [3.8, 4) is 56.5 Å². The summed E-state index contributed by atoms with van der Waals surface area (Å²) in [5.74, 6) is 1.73. The molecule has 0 spiro atoms. The number of pyridine rings is 3. The highest BCUT2D eigenvalue weighted by Gasteiger charge is 2.18. The van der Waals surface area contributed by atoms with E-state index in [1.807, 2.05) is 72.9 Å². The van der Waals surface area contributed by atoms with Gasteiger partial charge in [0.15, 0.2) is 17.5 Å². The Morgan fingerprint density at radius 1 is 0.312 bits per heavy atom. The van der Waals surface area contributed by atoms with Crippen LogP contribution in [0.4, 0.5) is 0 Å². The van der Waals surface area contributed by atoms with Crippen molar-refractivity contribution in [2.75, 3.05) is 0 Å². The van der Waals surface area contributed by atoms with E-state index in [0.29, 0.717) is 17.5 Å². The molecule has 6 nitrogen and oxygen atoms in total. The Labute approximate surface area is 276 Å². The Hall–Kier alpha value is -6.66. The topological polar surface area (TPSA) is 77.3 Å². The third kappa shape index (κ3) is 4.93. The Morgan fingerprint density at radius 2 is 0.875 bits per heavy atom. The van der Waals surface area contributed by atoms with E-state index in [2.05, 4.69) is 83.8 Å². The van der Waals surface area contributed by atoms with Gasteiger partial charge in [-0.2, -0.15) is 0 Å². The fourth-order valence-electron chi connectivity index (χ4n) is 6.28. The van der Waals surface area contributed by atoms with Crippen LogP contribution in [0.15, 0.2) is 158 Å². The smallest absolute Gasteiger partial charge is 0.166 e. The number of nitrogens with zero attached hydrogens (tertiary/aromatic N) is 6. The second-order valence-electron chi connectivity index (χ2n) is 11.6. The highest BCUT2D eigenvalue weighted by atomic mass is 15.0. The monoisotopic (exact) mass is 614 g/mol.